The second-order valence-electron chi connectivity index (χ2n) is 5.05. The number of aromatic hydroxyl groups is 2. The predicted molar refractivity (Wildman–Crippen MR) is 70.8 cm³/mol. The minimum absolute atomic E-state index is 0.0584. The first-order valence-corrected chi connectivity index (χ1v) is 6.23. The van der Waals surface area contributed by atoms with Crippen molar-refractivity contribution in [2.45, 2.75) is 39.7 Å². The maximum absolute atomic E-state index is 11.9. The molecule has 0 aromatic heterocycles. The average Bonchev–Trinajstić information content (AvgIpc) is 2.26. The number of benzene rings is 1. The van der Waals surface area contributed by atoms with Gasteiger partial charge in [-0.05, 0) is 37.8 Å². The van der Waals surface area contributed by atoms with Crippen LogP contribution in [0, 0.1) is 5.92 Å². The van der Waals surface area contributed by atoms with E-state index in [1.165, 1.54) is 12.1 Å². The molecule has 0 aliphatic carbocycles. The zero-order chi connectivity index (χ0) is 13.7. The molecule has 4 heteroatoms. The molecular formula is C14H21NO3. The first-order valence-electron chi connectivity index (χ1n) is 6.23. The van der Waals surface area contributed by atoms with Crippen LogP contribution in [0.2, 0.25) is 0 Å². The normalized spacial score (nSPS) is 12.4. The first kappa shape index (κ1) is 14.4. The van der Waals surface area contributed by atoms with Gasteiger partial charge >= 0.3 is 0 Å². The van der Waals surface area contributed by atoms with Gasteiger partial charge in [-0.1, -0.05) is 13.8 Å². The van der Waals surface area contributed by atoms with Crippen molar-refractivity contribution in [3.05, 3.63) is 23.8 Å². The van der Waals surface area contributed by atoms with E-state index in [2.05, 4.69) is 19.2 Å². The fourth-order valence-corrected chi connectivity index (χ4v) is 1.67. The maximum Gasteiger partial charge on any atom is 0.255 e. The van der Waals surface area contributed by atoms with E-state index in [0.717, 1.165) is 18.9 Å². The molecule has 18 heavy (non-hydrogen) atoms. The summed E-state index contributed by atoms with van der Waals surface area (Å²) in [4.78, 5) is 11.9. The Hall–Kier alpha value is -1.71. The van der Waals surface area contributed by atoms with E-state index in [1.54, 1.807) is 0 Å². The molecule has 1 rings (SSSR count). The minimum Gasteiger partial charge on any atom is -0.508 e. The van der Waals surface area contributed by atoms with E-state index in [-0.39, 0.29) is 29.0 Å². The van der Waals surface area contributed by atoms with Crippen LogP contribution in [-0.2, 0) is 0 Å². The first-order chi connectivity index (χ1) is 8.40. The molecule has 4 nitrogen and oxygen atoms in total. The average molecular weight is 251 g/mol. The van der Waals surface area contributed by atoms with Crippen molar-refractivity contribution in [3.63, 3.8) is 0 Å². The van der Waals surface area contributed by atoms with E-state index in [1.807, 2.05) is 6.92 Å². The van der Waals surface area contributed by atoms with Crippen LogP contribution < -0.4 is 5.32 Å². The summed E-state index contributed by atoms with van der Waals surface area (Å²) in [7, 11) is 0. The molecule has 1 atom stereocenters. The molecule has 0 aliphatic rings. The molecule has 100 valence electrons. The Morgan fingerprint density at radius 2 is 1.89 bits per heavy atom. The highest BCUT2D eigenvalue weighted by molar-refractivity contribution is 5.97. The maximum atomic E-state index is 11.9. The topological polar surface area (TPSA) is 69.6 Å². The van der Waals surface area contributed by atoms with Gasteiger partial charge in [0.05, 0.1) is 5.56 Å². The monoisotopic (exact) mass is 251 g/mol. The Morgan fingerprint density at radius 3 is 2.44 bits per heavy atom. The third kappa shape index (κ3) is 4.28. The smallest absolute Gasteiger partial charge is 0.255 e. The number of carbonyl (C=O) groups is 1. The third-order valence-electron chi connectivity index (χ3n) is 2.78. The van der Waals surface area contributed by atoms with Crippen LogP contribution in [0.1, 0.15) is 44.0 Å². The molecule has 0 saturated carbocycles. The lowest BCUT2D eigenvalue weighted by Crippen LogP contribution is -2.32. The molecule has 1 aromatic carbocycles. The molecule has 0 radical (unpaired) electrons. The van der Waals surface area contributed by atoms with Crippen LogP contribution >= 0.6 is 0 Å². The van der Waals surface area contributed by atoms with Crippen molar-refractivity contribution in [1.82, 2.24) is 5.32 Å². The highest BCUT2D eigenvalue weighted by atomic mass is 16.3. The predicted octanol–water partition coefficient (Wildman–Crippen LogP) is 2.65. The summed E-state index contributed by atoms with van der Waals surface area (Å²) >= 11 is 0. The van der Waals surface area contributed by atoms with E-state index in [4.69, 9.17) is 5.11 Å². The number of hydrogen-bond donors (Lipinski definition) is 3. The van der Waals surface area contributed by atoms with E-state index >= 15 is 0 Å². The number of rotatable bonds is 5. The number of phenols is 2. The number of hydrogen-bond acceptors (Lipinski definition) is 3. The van der Waals surface area contributed by atoms with Crippen LogP contribution in [-0.4, -0.2) is 22.2 Å². The minimum atomic E-state index is -0.316. The second kappa shape index (κ2) is 6.28. The van der Waals surface area contributed by atoms with Gasteiger partial charge in [0.25, 0.3) is 5.91 Å². The van der Waals surface area contributed by atoms with Gasteiger partial charge in [0.1, 0.15) is 11.5 Å². The summed E-state index contributed by atoms with van der Waals surface area (Å²) in [6.07, 6.45) is 1.95. The molecule has 1 unspecified atom stereocenters. The summed E-state index contributed by atoms with van der Waals surface area (Å²) in [6, 6.07) is 4.02. The third-order valence-corrected chi connectivity index (χ3v) is 2.78. The summed E-state index contributed by atoms with van der Waals surface area (Å²) in [6.45, 7) is 6.22. The Balaban J connectivity index is 2.59. The molecule has 0 aliphatic heterocycles. The van der Waals surface area contributed by atoms with Crippen LogP contribution in [0.15, 0.2) is 18.2 Å². The molecule has 0 heterocycles. The van der Waals surface area contributed by atoms with Crippen molar-refractivity contribution < 1.29 is 15.0 Å². The summed E-state index contributed by atoms with van der Waals surface area (Å²) < 4.78 is 0. The van der Waals surface area contributed by atoms with Crippen LogP contribution in [0.4, 0.5) is 0 Å². The molecule has 0 saturated heterocycles. The summed E-state index contributed by atoms with van der Waals surface area (Å²) in [5.41, 5.74) is 0.184. The Kier molecular flexibility index (Phi) is 5.01. The Bertz CT molecular complexity index is 416. The number of amides is 1. The van der Waals surface area contributed by atoms with Gasteiger partial charge in [-0.3, -0.25) is 4.79 Å². The standard InChI is InChI=1S/C14H21NO3/c1-9(2)4-5-10(3)15-14(18)12-7-6-11(16)8-13(12)17/h6-10,16-17H,4-5H2,1-3H3,(H,15,18). The van der Waals surface area contributed by atoms with Gasteiger partial charge in [0.2, 0.25) is 0 Å². The lowest BCUT2D eigenvalue weighted by atomic mass is 10.0. The van der Waals surface area contributed by atoms with Crippen LogP contribution in [0.5, 0.6) is 11.5 Å². The van der Waals surface area contributed by atoms with Gasteiger partial charge in [0.15, 0.2) is 0 Å². The summed E-state index contributed by atoms with van der Waals surface area (Å²) in [5, 5.41) is 21.6. The van der Waals surface area contributed by atoms with Crippen LogP contribution in [0.3, 0.4) is 0 Å². The second-order valence-corrected chi connectivity index (χ2v) is 5.05. The van der Waals surface area contributed by atoms with Crippen molar-refractivity contribution >= 4 is 5.91 Å². The highest BCUT2D eigenvalue weighted by Gasteiger charge is 2.14. The van der Waals surface area contributed by atoms with E-state index in [9.17, 15) is 9.90 Å². The fraction of sp³-hybridized carbons (Fsp3) is 0.500. The van der Waals surface area contributed by atoms with Gasteiger partial charge in [-0.25, -0.2) is 0 Å². The molecule has 0 bridgehead atoms. The Labute approximate surface area is 108 Å². The highest BCUT2D eigenvalue weighted by Crippen LogP contribution is 2.22. The fourth-order valence-electron chi connectivity index (χ4n) is 1.67. The lowest BCUT2D eigenvalue weighted by molar-refractivity contribution is 0.0934. The molecule has 3 N–H and O–H groups in total. The number of nitrogens with one attached hydrogen (secondary N) is 1. The zero-order valence-electron chi connectivity index (χ0n) is 11.1. The van der Waals surface area contributed by atoms with Gasteiger partial charge in [-0.15, -0.1) is 0 Å². The number of carbonyl (C=O) groups excluding carboxylic acids is 1. The van der Waals surface area contributed by atoms with Crippen LogP contribution in [0.25, 0.3) is 0 Å². The Morgan fingerprint density at radius 1 is 1.22 bits per heavy atom. The van der Waals surface area contributed by atoms with E-state index in [0.29, 0.717) is 5.92 Å². The molecule has 1 amide bonds. The SMILES string of the molecule is CC(C)CCC(C)NC(=O)c1ccc(O)cc1O. The lowest BCUT2D eigenvalue weighted by Gasteiger charge is -2.15. The largest absolute Gasteiger partial charge is 0.508 e. The van der Waals surface area contributed by atoms with Crippen molar-refractivity contribution in [1.29, 1.82) is 0 Å². The van der Waals surface area contributed by atoms with Crippen molar-refractivity contribution in [2.24, 2.45) is 5.92 Å². The zero-order valence-corrected chi connectivity index (χ0v) is 11.1. The quantitative estimate of drug-likeness (QED) is 0.753. The molecule has 0 spiro atoms. The number of phenolic OH excluding ortho intramolecular Hbond substituents is 2. The van der Waals surface area contributed by atoms with E-state index < -0.39 is 0 Å². The van der Waals surface area contributed by atoms with Crippen molar-refractivity contribution in [3.8, 4) is 11.5 Å². The van der Waals surface area contributed by atoms with Gasteiger partial charge in [-0.2, -0.15) is 0 Å². The summed E-state index contributed by atoms with van der Waals surface area (Å²) in [5.74, 6) is 0.0237. The van der Waals surface area contributed by atoms with Gasteiger partial charge < -0.3 is 15.5 Å². The molecule has 0 fully saturated rings. The van der Waals surface area contributed by atoms with Gasteiger partial charge in [0, 0.05) is 12.1 Å². The van der Waals surface area contributed by atoms with Crippen molar-refractivity contribution in [2.75, 3.05) is 0 Å². The molecule has 1 aromatic rings. The molecular weight excluding hydrogens is 230 g/mol.